The fourth-order valence-electron chi connectivity index (χ4n) is 3.36. The van der Waals surface area contributed by atoms with E-state index in [1.807, 2.05) is 12.1 Å². The maximum absolute atomic E-state index is 12.4. The number of amides is 2. The van der Waals surface area contributed by atoms with Gasteiger partial charge in [0, 0.05) is 45.3 Å². The molecule has 0 spiro atoms. The highest BCUT2D eigenvalue weighted by atomic mass is 16.2. The van der Waals surface area contributed by atoms with Crippen LogP contribution in [0.25, 0.3) is 0 Å². The Morgan fingerprint density at radius 1 is 1.25 bits per heavy atom. The molecule has 3 heterocycles. The van der Waals surface area contributed by atoms with Crippen LogP contribution in [0.3, 0.4) is 0 Å². The monoisotopic (exact) mass is 384 g/mol. The molecular formula is C20H28N6O2. The Morgan fingerprint density at radius 3 is 2.75 bits per heavy atom. The fourth-order valence-corrected chi connectivity index (χ4v) is 3.36. The predicted molar refractivity (Wildman–Crippen MR) is 107 cm³/mol. The Morgan fingerprint density at radius 2 is 2.04 bits per heavy atom. The second kappa shape index (κ2) is 9.34. The minimum Gasteiger partial charge on any atom is -0.357 e. The van der Waals surface area contributed by atoms with Crippen LogP contribution in [0.4, 0.5) is 5.82 Å². The Hall–Kier alpha value is -2.90. The molecular weight excluding hydrogens is 356 g/mol. The second-order valence-electron chi connectivity index (χ2n) is 7.20. The average molecular weight is 384 g/mol. The Balaban J connectivity index is 1.49. The van der Waals surface area contributed by atoms with Gasteiger partial charge in [-0.25, -0.2) is 4.98 Å². The molecule has 150 valence electrons. The van der Waals surface area contributed by atoms with Crippen LogP contribution in [0, 0.1) is 0 Å². The lowest BCUT2D eigenvalue weighted by molar-refractivity contribution is -0.137. The summed E-state index contributed by atoms with van der Waals surface area (Å²) in [5.41, 5.74) is 1.00. The number of likely N-dealkylation sites (N-methyl/N-ethyl adjacent to an activating group) is 1. The van der Waals surface area contributed by atoms with Crippen LogP contribution in [0.2, 0.25) is 0 Å². The average Bonchev–Trinajstić information content (AvgIpc) is 3.27. The van der Waals surface area contributed by atoms with Gasteiger partial charge >= 0.3 is 0 Å². The number of nitrogens with one attached hydrogen (secondary N) is 1. The number of carbonyl (C=O) groups excluding carboxylic acids is 2. The van der Waals surface area contributed by atoms with Crippen LogP contribution in [-0.4, -0.2) is 58.2 Å². The largest absolute Gasteiger partial charge is 0.357 e. The van der Waals surface area contributed by atoms with Crippen molar-refractivity contribution in [2.75, 3.05) is 31.6 Å². The number of anilines is 1. The van der Waals surface area contributed by atoms with Crippen molar-refractivity contribution in [1.82, 2.24) is 25.0 Å². The molecule has 2 aromatic heterocycles. The minimum atomic E-state index is -0.444. The summed E-state index contributed by atoms with van der Waals surface area (Å²) in [6, 6.07) is 5.26. The van der Waals surface area contributed by atoms with Gasteiger partial charge in [0.25, 0.3) is 0 Å². The van der Waals surface area contributed by atoms with Crippen molar-refractivity contribution in [1.29, 1.82) is 0 Å². The number of hydrogen-bond donors (Lipinski definition) is 1. The van der Waals surface area contributed by atoms with Gasteiger partial charge in [0.1, 0.15) is 11.9 Å². The molecule has 1 N–H and O–H groups in total. The lowest BCUT2D eigenvalue weighted by Crippen LogP contribution is -2.40. The van der Waals surface area contributed by atoms with Crippen molar-refractivity contribution in [2.24, 2.45) is 0 Å². The molecule has 8 heteroatoms. The SMILES string of the molecule is CC(C(=O)N(C)CC(=O)NCc1ccnc(N2CCCCC2)c1)n1cccn1. The molecule has 2 amide bonds. The molecule has 1 aliphatic heterocycles. The first-order chi connectivity index (χ1) is 13.5. The first kappa shape index (κ1) is 19.9. The molecule has 1 saturated heterocycles. The van der Waals surface area contributed by atoms with Gasteiger partial charge in [0.05, 0.1) is 6.54 Å². The molecule has 0 saturated carbocycles. The van der Waals surface area contributed by atoms with Crippen LogP contribution < -0.4 is 10.2 Å². The molecule has 3 rings (SSSR count). The third-order valence-corrected chi connectivity index (χ3v) is 5.02. The highest BCUT2D eigenvalue weighted by molar-refractivity contribution is 5.86. The first-order valence-electron chi connectivity index (χ1n) is 9.75. The van der Waals surface area contributed by atoms with Crippen LogP contribution in [-0.2, 0) is 16.1 Å². The maximum Gasteiger partial charge on any atom is 0.247 e. The summed E-state index contributed by atoms with van der Waals surface area (Å²) in [4.78, 5) is 32.9. The zero-order chi connectivity index (χ0) is 19.9. The smallest absolute Gasteiger partial charge is 0.247 e. The summed E-state index contributed by atoms with van der Waals surface area (Å²) in [5, 5.41) is 6.97. The first-order valence-corrected chi connectivity index (χ1v) is 9.75. The van der Waals surface area contributed by atoms with Crippen LogP contribution >= 0.6 is 0 Å². The van der Waals surface area contributed by atoms with Crippen LogP contribution in [0.5, 0.6) is 0 Å². The van der Waals surface area contributed by atoms with Gasteiger partial charge in [-0.05, 0) is 49.9 Å². The summed E-state index contributed by atoms with van der Waals surface area (Å²) < 4.78 is 1.58. The number of carbonyl (C=O) groups is 2. The molecule has 2 aromatic rings. The van der Waals surface area contributed by atoms with E-state index in [1.54, 1.807) is 43.3 Å². The highest BCUT2D eigenvalue weighted by Crippen LogP contribution is 2.18. The van der Waals surface area contributed by atoms with E-state index < -0.39 is 6.04 Å². The normalized spacial score (nSPS) is 15.1. The molecule has 8 nitrogen and oxygen atoms in total. The lowest BCUT2D eigenvalue weighted by Gasteiger charge is -2.28. The van der Waals surface area contributed by atoms with Gasteiger partial charge in [-0.2, -0.15) is 5.10 Å². The van der Waals surface area contributed by atoms with Gasteiger partial charge in [-0.3, -0.25) is 14.3 Å². The molecule has 1 fully saturated rings. The number of aromatic nitrogens is 3. The van der Waals surface area contributed by atoms with Crippen LogP contribution in [0.15, 0.2) is 36.8 Å². The fraction of sp³-hybridized carbons (Fsp3) is 0.500. The number of rotatable bonds is 7. The van der Waals surface area contributed by atoms with Gasteiger partial charge in [0.2, 0.25) is 11.8 Å². The van der Waals surface area contributed by atoms with Crippen LogP contribution in [0.1, 0.15) is 37.8 Å². The molecule has 1 unspecified atom stereocenters. The zero-order valence-electron chi connectivity index (χ0n) is 16.5. The van der Waals surface area contributed by atoms with Crippen molar-refractivity contribution in [3.05, 3.63) is 42.4 Å². The summed E-state index contributed by atoms with van der Waals surface area (Å²) in [7, 11) is 1.63. The van der Waals surface area contributed by atoms with Crippen molar-refractivity contribution in [3.8, 4) is 0 Å². The van der Waals surface area contributed by atoms with E-state index in [1.165, 1.54) is 24.2 Å². The summed E-state index contributed by atoms with van der Waals surface area (Å²) in [5.74, 6) is 0.613. The van der Waals surface area contributed by atoms with Crippen molar-refractivity contribution >= 4 is 17.6 Å². The number of nitrogens with zero attached hydrogens (tertiary/aromatic N) is 5. The number of hydrogen-bond acceptors (Lipinski definition) is 5. The molecule has 1 atom stereocenters. The van der Waals surface area contributed by atoms with E-state index >= 15 is 0 Å². The van der Waals surface area contributed by atoms with Gasteiger partial charge < -0.3 is 15.1 Å². The highest BCUT2D eigenvalue weighted by Gasteiger charge is 2.21. The molecule has 0 aromatic carbocycles. The third kappa shape index (κ3) is 5.09. The van der Waals surface area contributed by atoms with Crippen molar-refractivity contribution < 1.29 is 9.59 Å². The van der Waals surface area contributed by atoms with E-state index in [0.717, 1.165) is 24.5 Å². The quantitative estimate of drug-likeness (QED) is 0.784. The Kier molecular flexibility index (Phi) is 6.62. The standard InChI is InChI=1S/C20H28N6O2/c1-16(26-12-6-8-23-26)20(28)24(2)15-19(27)22-14-17-7-9-21-18(13-17)25-10-4-3-5-11-25/h6-9,12-13,16H,3-5,10-11,14-15H2,1-2H3,(H,22,27). The van der Waals surface area contributed by atoms with E-state index in [4.69, 9.17) is 0 Å². The van der Waals surface area contributed by atoms with E-state index in [-0.39, 0.29) is 18.4 Å². The third-order valence-electron chi connectivity index (χ3n) is 5.02. The predicted octanol–water partition coefficient (Wildman–Crippen LogP) is 1.60. The van der Waals surface area contributed by atoms with Gasteiger partial charge in [0.15, 0.2) is 0 Å². The van der Waals surface area contributed by atoms with Crippen molar-refractivity contribution in [2.45, 2.75) is 38.8 Å². The molecule has 0 aliphatic carbocycles. The van der Waals surface area contributed by atoms with Gasteiger partial charge in [-0.1, -0.05) is 0 Å². The Bertz CT molecular complexity index is 786. The topological polar surface area (TPSA) is 83.4 Å². The summed E-state index contributed by atoms with van der Waals surface area (Å²) in [6.45, 7) is 4.25. The Labute approximate surface area is 165 Å². The molecule has 1 aliphatic rings. The summed E-state index contributed by atoms with van der Waals surface area (Å²) >= 11 is 0. The van der Waals surface area contributed by atoms with Gasteiger partial charge in [-0.15, -0.1) is 0 Å². The molecule has 0 bridgehead atoms. The second-order valence-corrected chi connectivity index (χ2v) is 7.20. The van der Waals surface area contributed by atoms with E-state index in [0.29, 0.717) is 6.54 Å². The number of pyridine rings is 1. The molecule has 0 radical (unpaired) electrons. The lowest BCUT2D eigenvalue weighted by atomic mass is 10.1. The maximum atomic E-state index is 12.4. The molecule has 28 heavy (non-hydrogen) atoms. The van der Waals surface area contributed by atoms with Crippen molar-refractivity contribution in [3.63, 3.8) is 0 Å². The number of piperidine rings is 1. The van der Waals surface area contributed by atoms with E-state index in [2.05, 4.69) is 20.3 Å². The summed E-state index contributed by atoms with van der Waals surface area (Å²) in [6.07, 6.45) is 8.81. The zero-order valence-corrected chi connectivity index (χ0v) is 16.5. The van der Waals surface area contributed by atoms with E-state index in [9.17, 15) is 9.59 Å². The minimum absolute atomic E-state index is 0.00844.